The molecule has 0 aliphatic carbocycles. The van der Waals surface area contributed by atoms with Gasteiger partial charge in [-0.3, -0.25) is 9.69 Å². The number of anilines is 1. The average Bonchev–Trinajstić information content (AvgIpc) is 3.19. The molecule has 1 aliphatic heterocycles. The number of aromatic amines is 1. The maximum atomic E-state index is 12.0. The van der Waals surface area contributed by atoms with E-state index in [0.29, 0.717) is 11.2 Å². The van der Waals surface area contributed by atoms with E-state index in [0.717, 1.165) is 42.7 Å². The molecular weight excluding hydrogens is 318 g/mol. The van der Waals surface area contributed by atoms with Crippen molar-refractivity contribution < 1.29 is 0 Å². The largest absolute Gasteiger partial charge is 0.346 e. The van der Waals surface area contributed by atoms with Crippen molar-refractivity contribution in [2.24, 2.45) is 0 Å². The van der Waals surface area contributed by atoms with Gasteiger partial charge in [0, 0.05) is 37.8 Å². The van der Waals surface area contributed by atoms with Crippen LogP contribution in [0.25, 0.3) is 10.2 Å². The van der Waals surface area contributed by atoms with Crippen molar-refractivity contribution in [3.8, 4) is 0 Å². The highest BCUT2D eigenvalue weighted by Gasteiger charge is 2.19. The van der Waals surface area contributed by atoms with E-state index in [2.05, 4.69) is 24.8 Å². The van der Waals surface area contributed by atoms with Crippen molar-refractivity contribution >= 4 is 38.0 Å². The summed E-state index contributed by atoms with van der Waals surface area (Å²) in [6.45, 7) is 4.50. The van der Waals surface area contributed by atoms with E-state index >= 15 is 0 Å². The van der Waals surface area contributed by atoms with Crippen LogP contribution in [-0.4, -0.2) is 46.0 Å². The van der Waals surface area contributed by atoms with Gasteiger partial charge in [0.15, 0.2) is 5.13 Å². The summed E-state index contributed by atoms with van der Waals surface area (Å²) in [6, 6.07) is 1.90. The molecule has 114 valence electrons. The third-order valence-electron chi connectivity index (χ3n) is 3.80. The smallest absolute Gasteiger partial charge is 0.268 e. The summed E-state index contributed by atoms with van der Waals surface area (Å²) in [5.41, 5.74) is 0.765. The molecule has 4 heterocycles. The van der Waals surface area contributed by atoms with Crippen LogP contribution in [0, 0.1) is 0 Å². The zero-order chi connectivity index (χ0) is 14.9. The van der Waals surface area contributed by atoms with Crippen molar-refractivity contribution in [1.82, 2.24) is 19.9 Å². The van der Waals surface area contributed by atoms with Crippen LogP contribution >= 0.6 is 22.7 Å². The van der Waals surface area contributed by atoms with Crippen molar-refractivity contribution in [3.05, 3.63) is 39.2 Å². The maximum absolute atomic E-state index is 12.0. The highest BCUT2D eigenvalue weighted by molar-refractivity contribution is 7.17. The Morgan fingerprint density at radius 3 is 2.82 bits per heavy atom. The Hall–Kier alpha value is -1.77. The van der Waals surface area contributed by atoms with Gasteiger partial charge in [-0.25, -0.2) is 9.97 Å². The quantitative estimate of drug-likeness (QED) is 0.791. The summed E-state index contributed by atoms with van der Waals surface area (Å²) < 4.78 is 0.706. The third-order valence-corrected chi connectivity index (χ3v) is 5.53. The van der Waals surface area contributed by atoms with Gasteiger partial charge in [0.25, 0.3) is 5.56 Å². The zero-order valence-corrected chi connectivity index (χ0v) is 13.5. The Kier molecular flexibility index (Phi) is 3.65. The summed E-state index contributed by atoms with van der Waals surface area (Å²) in [4.78, 5) is 28.4. The lowest BCUT2D eigenvalue weighted by Crippen LogP contribution is -2.46. The van der Waals surface area contributed by atoms with E-state index in [1.54, 1.807) is 11.3 Å². The molecule has 0 unspecified atom stereocenters. The average molecular weight is 333 g/mol. The molecule has 4 rings (SSSR count). The number of hydrogen-bond acceptors (Lipinski definition) is 7. The number of nitrogens with zero attached hydrogens (tertiary/aromatic N) is 4. The van der Waals surface area contributed by atoms with E-state index in [9.17, 15) is 4.79 Å². The molecule has 1 fully saturated rings. The molecule has 8 heteroatoms. The summed E-state index contributed by atoms with van der Waals surface area (Å²) in [7, 11) is 0. The van der Waals surface area contributed by atoms with Crippen LogP contribution in [0.1, 0.15) is 5.82 Å². The lowest BCUT2D eigenvalue weighted by Gasteiger charge is -2.34. The molecule has 0 radical (unpaired) electrons. The Morgan fingerprint density at radius 2 is 2.05 bits per heavy atom. The molecule has 0 atom stereocenters. The monoisotopic (exact) mass is 333 g/mol. The van der Waals surface area contributed by atoms with Gasteiger partial charge in [0.1, 0.15) is 10.5 Å². The zero-order valence-electron chi connectivity index (χ0n) is 11.9. The predicted molar refractivity (Wildman–Crippen MR) is 89.8 cm³/mol. The van der Waals surface area contributed by atoms with Crippen LogP contribution in [-0.2, 0) is 6.54 Å². The normalized spacial score (nSPS) is 16.5. The molecule has 0 saturated carbocycles. The van der Waals surface area contributed by atoms with E-state index in [-0.39, 0.29) is 5.56 Å². The minimum Gasteiger partial charge on any atom is -0.346 e. The minimum absolute atomic E-state index is 0.0311. The highest BCUT2D eigenvalue weighted by Crippen LogP contribution is 2.19. The number of piperazine rings is 1. The van der Waals surface area contributed by atoms with Gasteiger partial charge in [-0.15, -0.1) is 22.7 Å². The number of H-pyrrole nitrogens is 1. The second-order valence-corrected chi connectivity index (χ2v) is 7.01. The Bertz CT molecular complexity index is 817. The topological polar surface area (TPSA) is 65.1 Å². The van der Waals surface area contributed by atoms with Gasteiger partial charge in [-0.2, -0.15) is 0 Å². The fraction of sp³-hybridized carbons (Fsp3) is 0.357. The molecule has 0 bridgehead atoms. The van der Waals surface area contributed by atoms with Gasteiger partial charge in [0.05, 0.1) is 12.1 Å². The minimum atomic E-state index is -0.0311. The number of aromatic nitrogens is 3. The number of fused-ring (bicyclic) bond motifs is 1. The first-order valence-electron chi connectivity index (χ1n) is 7.13. The molecule has 1 aliphatic rings. The fourth-order valence-corrected chi connectivity index (χ4v) is 4.10. The van der Waals surface area contributed by atoms with E-state index < -0.39 is 0 Å². The van der Waals surface area contributed by atoms with Gasteiger partial charge in [0.2, 0.25) is 0 Å². The van der Waals surface area contributed by atoms with E-state index in [1.807, 2.05) is 23.0 Å². The predicted octanol–water partition coefficient (Wildman–Crippen LogP) is 1.76. The molecule has 0 aromatic carbocycles. The molecular formula is C14H15N5OS2. The van der Waals surface area contributed by atoms with Crippen LogP contribution in [0.15, 0.2) is 27.8 Å². The summed E-state index contributed by atoms with van der Waals surface area (Å²) >= 11 is 3.11. The van der Waals surface area contributed by atoms with Gasteiger partial charge < -0.3 is 9.88 Å². The van der Waals surface area contributed by atoms with E-state index in [1.165, 1.54) is 11.3 Å². The third kappa shape index (κ3) is 2.65. The maximum Gasteiger partial charge on any atom is 0.268 e. The standard InChI is InChI=1S/C14H15N5OS2/c20-13-12-10(1-7-21-12)16-11(17-13)9-18-3-5-19(6-4-18)14-15-2-8-22-14/h1-2,7-8H,3-6,9H2,(H,16,17,20). The highest BCUT2D eigenvalue weighted by atomic mass is 32.1. The molecule has 22 heavy (non-hydrogen) atoms. The van der Waals surface area contributed by atoms with Crippen molar-refractivity contribution in [2.75, 3.05) is 31.1 Å². The van der Waals surface area contributed by atoms with Gasteiger partial charge in [-0.05, 0) is 11.4 Å². The summed E-state index contributed by atoms with van der Waals surface area (Å²) in [5, 5.41) is 5.00. The number of thiophene rings is 1. The Balaban J connectivity index is 1.44. The van der Waals surface area contributed by atoms with Crippen molar-refractivity contribution in [1.29, 1.82) is 0 Å². The molecule has 0 spiro atoms. The van der Waals surface area contributed by atoms with Crippen LogP contribution in [0.3, 0.4) is 0 Å². The number of nitrogens with one attached hydrogen (secondary N) is 1. The lowest BCUT2D eigenvalue weighted by molar-refractivity contribution is 0.244. The molecule has 3 aromatic rings. The lowest BCUT2D eigenvalue weighted by atomic mass is 10.3. The molecule has 0 amide bonds. The van der Waals surface area contributed by atoms with Crippen molar-refractivity contribution in [3.63, 3.8) is 0 Å². The van der Waals surface area contributed by atoms with Crippen LogP contribution in [0.2, 0.25) is 0 Å². The van der Waals surface area contributed by atoms with E-state index in [4.69, 9.17) is 0 Å². The molecule has 3 aromatic heterocycles. The second kappa shape index (κ2) is 5.79. The van der Waals surface area contributed by atoms with Crippen LogP contribution in [0.4, 0.5) is 5.13 Å². The SMILES string of the molecule is O=c1[nH]c(CN2CCN(c3nccs3)CC2)nc2ccsc12. The van der Waals surface area contributed by atoms with Crippen LogP contribution < -0.4 is 10.5 Å². The first kappa shape index (κ1) is 13.9. The number of thiazole rings is 1. The number of rotatable bonds is 3. The van der Waals surface area contributed by atoms with Gasteiger partial charge >= 0.3 is 0 Å². The first-order valence-corrected chi connectivity index (χ1v) is 8.89. The van der Waals surface area contributed by atoms with Gasteiger partial charge in [-0.1, -0.05) is 0 Å². The van der Waals surface area contributed by atoms with Crippen LogP contribution in [0.5, 0.6) is 0 Å². The molecule has 1 saturated heterocycles. The summed E-state index contributed by atoms with van der Waals surface area (Å²) in [6.07, 6.45) is 1.84. The Labute approximate surface area is 135 Å². The Morgan fingerprint density at radius 1 is 1.18 bits per heavy atom. The molecule has 6 nitrogen and oxygen atoms in total. The number of hydrogen-bond donors (Lipinski definition) is 1. The first-order chi connectivity index (χ1) is 10.8. The molecule has 1 N–H and O–H groups in total. The second-order valence-electron chi connectivity index (χ2n) is 5.23. The van der Waals surface area contributed by atoms with Crippen molar-refractivity contribution in [2.45, 2.75) is 6.54 Å². The summed E-state index contributed by atoms with van der Waals surface area (Å²) in [5.74, 6) is 0.749. The fourth-order valence-electron chi connectivity index (χ4n) is 2.68.